The van der Waals surface area contributed by atoms with Crippen LogP contribution >= 0.6 is 0 Å². The van der Waals surface area contributed by atoms with Gasteiger partial charge in [0.25, 0.3) is 5.91 Å². The lowest BCUT2D eigenvalue weighted by molar-refractivity contribution is -0.154. The molecule has 0 bridgehead atoms. The van der Waals surface area contributed by atoms with Crippen molar-refractivity contribution in [2.45, 2.75) is 25.1 Å². The minimum atomic E-state index is -4.45. The first-order valence-electron chi connectivity index (χ1n) is 9.01. The second-order valence-corrected chi connectivity index (χ2v) is 6.55. The van der Waals surface area contributed by atoms with Gasteiger partial charge in [0.2, 0.25) is 5.88 Å². The highest BCUT2D eigenvalue weighted by atomic mass is 19.4. The summed E-state index contributed by atoms with van der Waals surface area (Å²) in [5.41, 5.74) is 1.15. The summed E-state index contributed by atoms with van der Waals surface area (Å²) in [6.07, 6.45) is -1.62. The first-order valence-corrected chi connectivity index (χ1v) is 9.01. The van der Waals surface area contributed by atoms with Crippen LogP contribution in [0.3, 0.4) is 0 Å². The number of hydrogen-bond donors (Lipinski definition) is 0. The molecule has 0 saturated carbocycles. The van der Waals surface area contributed by atoms with E-state index in [-0.39, 0.29) is 23.4 Å². The Morgan fingerprint density at radius 2 is 2.00 bits per heavy atom. The predicted octanol–water partition coefficient (Wildman–Crippen LogP) is 4.02. The zero-order valence-electron chi connectivity index (χ0n) is 16.0. The Morgan fingerprint density at radius 1 is 1.21 bits per heavy atom. The fourth-order valence-corrected chi connectivity index (χ4v) is 3.34. The third kappa shape index (κ3) is 4.90. The molecule has 0 aliphatic carbocycles. The Balaban J connectivity index is 1.77. The number of rotatable bonds is 6. The van der Waals surface area contributed by atoms with Crippen LogP contribution in [0.5, 0.6) is 17.4 Å². The van der Waals surface area contributed by atoms with Gasteiger partial charge in [-0.2, -0.15) is 13.2 Å². The number of hydrogen-bond acceptors (Lipinski definition) is 5. The molecule has 3 rings (SSSR count). The molecule has 0 spiro atoms. The molecule has 1 aliphatic heterocycles. The second kappa shape index (κ2) is 8.59. The predicted molar refractivity (Wildman–Crippen MR) is 98.3 cm³/mol. The minimum absolute atomic E-state index is 0.176. The highest BCUT2D eigenvalue weighted by molar-refractivity contribution is 5.94. The molecule has 1 aliphatic rings. The number of likely N-dealkylation sites (tertiary alicyclic amines) is 1. The molecule has 2 heterocycles. The normalized spacial score (nSPS) is 16.6. The maximum absolute atomic E-state index is 13.0. The van der Waals surface area contributed by atoms with Gasteiger partial charge in [-0.25, -0.2) is 4.98 Å². The Hall–Kier alpha value is -2.97. The van der Waals surface area contributed by atoms with Gasteiger partial charge in [0.05, 0.1) is 25.8 Å². The Morgan fingerprint density at radius 3 is 2.62 bits per heavy atom. The Labute approximate surface area is 166 Å². The van der Waals surface area contributed by atoms with Gasteiger partial charge < -0.3 is 19.1 Å². The Bertz CT molecular complexity index is 856. The fourth-order valence-electron chi connectivity index (χ4n) is 3.34. The van der Waals surface area contributed by atoms with E-state index < -0.39 is 12.8 Å². The van der Waals surface area contributed by atoms with Gasteiger partial charge in [0.15, 0.2) is 6.61 Å². The third-order valence-electron chi connectivity index (χ3n) is 4.68. The molecule has 1 amide bonds. The highest BCUT2D eigenvalue weighted by Crippen LogP contribution is 2.39. The number of alkyl halides is 3. The maximum Gasteiger partial charge on any atom is 0.422 e. The van der Waals surface area contributed by atoms with E-state index >= 15 is 0 Å². The molecule has 1 saturated heterocycles. The van der Waals surface area contributed by atoms with Gasteiger partial charge in [-0.1, -0.05) is 0 Å². The van der Waals surface area contributed by atoms with Crippen LogP contribution in [0, 0.1) is 0 Å². The molecule has 0 N–H and O–H groups in total. The highest BCUT2D eigenvalue weighted by Gasteiger charge is 2.33. The molecule has 0 unspecified atom stereocenters. The zero-order chi connectivity index (χ0) is 21.0. The van der Waals surface area contributed by atoms with Gasteiger partial charge in [-0.15, -0.1) is 0 Å². The van der Waals surface area contributed by atoms with Crippen LogP contribution in [0.15, 0.2) is 36.5 Å². The van der Waals surface area contributed by atoms with Gasteiger partial charge in [0.1, 0.15) is 11.5 Å². The monoisotopic (exact) mass is 410 g/mol. The first-order chi connectivity index (χ1) is 13.8. The van der Waals surface area contributed by atoms with Crippen molar-refractivity contribution in [3.8, 4) is 17.4 Å². The molecule has 156 valence electrons. The van der Waals surface area contributed by atoms with E-state index in [9.17, 15) is 18.0 Å². The number of benzene rings is 1. The first kappa shape index (κ1) is 20.8. The van der Waals surface area contributed by atoms with Crippen LogP contribution in [0.25, 0.3) is 0 Å². The van der Waals surface area contributed by atoms with Crippen LogP contribution in [-0.2, 0) is 0 Å². The summed E-state index contributed by atoms with van der Waals surface area (Å²) in [5, 5.41) is 0. The van der Waals surface area contributed by atoms with E-state index in [0.29, 0.717) is 18.0 Å². The van der Waals surface area contributed by atoms with Crippen molar-refractivity contribution < 1.29 is 32.2 Å². The molecule has 9 heteroatoms. The van der Waals surface area contributed by atoms with Crippen molar-refractivity contribution >= 4 is 5.91 Å². The van der Waals surface area contributed by atoms with Crippen molar-refractivity contribution in [2.75, 3.05) is 27.4 Å². The van der Waals surface area contributed by atoms with Crippen molar-refractivity contribution in [1.29, 1.82) is 0 Å². The van der Waals surface area contributed by atoms with Crippen molar-refractivity contribution in [3.05, 3.63) is 47.7 Å². The summed E-state index contributed by atoms with van der Waals surface area (Å²) >= 11 is 0. The summed E-state index contributed by atoms with van der Waals surface area (Å²) in [4.78, 5) is 18.5. The quantitative estimate of drug-likeness (QED) is 0.720. The number of methoxy groups -OCH3 is 2. The van der Waals surface area contributed by atoms with Gasteiger partial charge in [-0.05, 0) is 31.0 Å². The summed E-state index contributed by atoms with van der Waals surface area (Å²) in [6.45, 7) is -0.871. The number of pyridine rings is 1. The van der Waals surface area contributed by atoms with E-state index in [1.807, 2.05) is 12.1 Å². The zero-order valence-corrected chi connectivity index (χ0v) is 16.0. The minimum Gasteiger partial charge on any atom is -0.497 e. The topological polar surface area (TPSA) is 60.9 Å². The lowest BCUT2D eigenvalue weighted by Gasteiger charge is -2.26. The molecule has 29 heavy (non-hydrogen) atoms. The molecule has 1 aromatic carbocycles. The number of carbonyl (C=O) groups excluding carboxylic acids is 1. The summed E-state index contributed by atoms with van der Waals surface area (Å²) in [6, 6.07) is 7.96. The van der Waals surface area contributed by atoms with Crippen LogP contribution in [-0.4, -0.2) is 49.3 Å². The smallest absolute Gasteiger partial charge is 0.422 e. The summed E-state index contributed by atoms with van der Waals surface area (Å²) in [7, 11) is 3.12. The average molecular weight is 410 g/mol. The van der Waals surface area contributed by atoms with E-state index in [4.69, 9.17) is 9.47 Å². The lowest BCUT2D eigenvalue weighted by Crippen LogP contribution is -2.30. The summed E-state index contributed by atoms with van der Waals surface area (Å²) < 4.78 is 52.0. The SMILES string of the molecule is COc1ccc([C@H]2CCCN2C(=O)c2ccc(OCC(F)(F)F)nc2)c(OC)c1. The molecular weight excluding hydrogens is 389 g/mol. The molecular formula is C20H21F3N2O4. The van der Waals surface area contributed by atoms with Crippen LogP contribution in [0.4, 0.5) is 13.2 Å². The Kier molecular flexibility index (Phi) is 6.14. The van der Waals surface area contributed by atoms with Crippen LogP contribution < -0.4 is 14.2 Å². The van der Waals surface area contributed by atoms with Crippen LogP contribution in [0.1, 0.15) is 34.8 Å². The number of nitrogens with zero attached hydrogens (tertiary/aromatic N) is 2. The second-order valence-electron chi connectivity index (χ2n) is 6.55. The molecule has 1 fully saturated rings. The average Bonchev–Trinajstić information content (AvgIpc) is 3.20. The standard InChI is InChI=1S/C20H21F3N2O4/c1-27-14-6-7-15(17(10-14)28-2)16-4-3-9-25(16)19(26)13-5-8-18(24-11-13)29-12-20(21,22)23/h5-8,10-11,16H,3-4,9,12H2,1-2H3/t16-/m1/s1. The van der Waals surface area contributed by atoms with Crippen molar-refractivity contribution in [1.82, 2.24) is 9.88 Å². The number of aromatic nitrogens is 1. The van der Waals surface area contributed by atoms with E-state index in [0.717, 1.165) is 18.4 Å². The molecule has 6 nitrogen and oxygen atoms in total. The number of ether oxygens (including phenoxy) is 3. The van der Waals surface area contributed by atoms with Gasteiger partial charge in [0, 0.05) is 30.4 Å². The van der Waals surface area contributed by atoms with Gasteiger partial charge >= 0.3 is 6.18 Å². The molecule has 1 atom stereocenters. The number of halogens is 3. The molecule has 1 aromatic heterocycles. The van der Waals surface area contributed by atoms with Crippen molar-refractivity contribution in [3.63, 3.8) is 0 Å². The third-order valence-corrected chi connectivity index (χ3v) is 4.68. The van der Waals surface area contributed by atoms with E-state index in [1.54, 1.807) is 25.2 Å². The fraction of sp³-hybridized carbons (Fsp3) is 0.400. The van der Waals surface area contributed by atoms with Crippen LogP contribution in [0.2, 0.25) is 0 Å². The number of amides is 1. The lowest BCUT2D eigenvalue weighted by atomic mass is 10.0. The van der Waals surface area contributed by atoms with E-state index in [2.05, 4.69) is 9.72 Å². The molecule has 2 aromatic rings. The van der Waals surface area contributed by atoms with Gasteiger partial charge in [-0.3, -0.25) is 4.79 Å². The van der Waals surface area contributed by atoms with E-state index in [1.165, 1.54) is 18.3 Å². The van der Waals surface area contributed by atoms with Crippen molar-refractivity contribution in [2.24, 2.45) is 0 Å². The molecule has 0 radical (unpaired) electrons. The largest absolute Gasteiger partial charge is 0.497 e. The maximum atomic E-state index is 13.0. The number of carbonyl (C=O) groups is 1. The summed E-state index contributed by atoms with van der Waals surface area (Å²) in [5.74, 6) is 0.845.